The molecule has 1 fully saturated rings. The van der Waals surface area contributed by atoms with Gasteiger partial charge >= 0.3 is 6.18 Å². The zero-order valence-corrected chi connectivity index (χ0v) is 12.0. The van der Waals surface area contributed by atoms with Crippen LogP contribution in [0.25, 0.3) is 0 Å². The van der Waals surface area contributed by atoms with E-state index in [4.69, 9.17) is 23.2 Å². The fraction of sp³-hybridized carbons (Fsp3) is 0.636. The molecule has 2 rings (SSSR count). The van der Waals surface area contributed by atoms with Crippen molar-refractivity contribution in [3.8, 4) is 0 Å². The van der Waals surface area contributed by atoms with Crippen LogP contribution in [0.2, 0.25) is 5.15 Å². The van der Waals surface area contributed by atoms with Gasteiger partial charge in [0.1, 0.15) is 17.3 Å². The average molecular weight is 329 g/mol. The minimum atomic E-state index is -4.16. The lowest BCUT2D eigenvalue weighted by molar-refractivity contribution is -0.146. The van der Waals surface area contributed by atoms with Crippen LogP contribution in [0.1, 0.15) is 5.56 Å². The second-order valence-electron chi connectivity index (χ2n) is 4.48. The normalized spacial score (nSPS) is 17.6. The number of hydrogen-bond donors (Lipinski definition) is 0. The highest BCUT2D eigenvalue weighted by Gasteiger charge is 2.32. The zero-order valence-electron chi connectivity index (χ0n) is 10.5. The number of hydrogen-bond acceptors (Lipinski definition) is 4. The van der Waals surface area contributed by atoms with E-state index in [0.717, 1.165) is 0 Å². The first kappa shape index (κ1) is 15.6. The topological polar surface area (TPSA) is 32.3 Å². The van der Waals surface area contributed by atoms with Gasteiger partial charge in [0.15, 0.2) is 0 Å². The molecule has 0 N–H and O–H groups in total. The van der Waals surface area contributed by atoms with Crippen molar-refractivity contribution in [2.45, 2.75) is 12.1 Å². The minimum absolute atomic E-state index is 0.164. The van der Waals surface area contributed by atoms with E-state index in [9.17, 15) is 13.2 Å². The molecule has 1 aromatic heterocycles. The lowest BCUT2D eigenvalue weighted by Crippen LogP contribution is -2.49. The Kier molecular flexibility index (Phi) is 4.93. The van der Waals surface area contributed by atoms with Gasteiger partial charge in [0.2, 0.25) is 0 Å². The first-order valence-corrected chi connectivity index (χ1v) is 6.91. The third kappa shape index (κ3) is 3.86. The third-order valence-electron chi connectivity index (χ3n) is 3.08. The van der Waals surface area contributed by atoms with E-state index < -0.39 is 12.7 Å². The van der Waals surface area contributed by atoms with Crippen LogP contribution >= 0.6 is 23.2 Å². The Morgan fingerprint density at radius 2 is 1.80 bits per heavy atom. The van der Waals surface area contributed by atoms with Crippen LogP contribution in [0.5, 0.6) is 0 Å². The summed E-state index contributed by atoms with van der Waals surface area (Å²) in [4.78, 5) is 11.3. The van der Waals surface area contributed by atoms with Crippen molar-refractivity contribution in [2.75, 3.05) is 37.6 Å². The smallest absolute Gasteiger partial charge is 0.354 e. The molecule has 112 valence electrons. The maximum atomic E-state index is 12.3. The molecule has 4 nitrogen and oxygen atoms in total. The molecule has 0 radical (unpaired) electrons. The van der Waals surface area contributed by atoms with Crippen molar-refractivity contribution in [2.24, 2.45) is 0 Å². The van der Waals surface area contributed by atoms with Gasteiger partial charge in [-0.05, 0) is 0 Å². The Morgan fingerprint density at radius 1 is 1.15 bits per heavy atom. The highest BCUT2D eigenvalue weighted by Crippen LogP contribution is 2.26. The molecule has 9 heteroatoms. The maximum Gasteiger partial charge on any atom is 0.401 e. The molecule has 0 spiro atoms. The summed E-state index contributed by atoms with van der Waals surface area (Å²) in [6.07, 6.45) is -2.84. The molecule has 2 heterocycles. The Labute approximate surface area is 124 Å². The first-order valence-electron chi connectivity index (χ1n) is 6.00. The van der Waals surface area contributed by atoms with Gasteiger partial charge in [-0.1, -0.05) is 11.6 Å². The van der Waals surface area contributed by atoms with Crippen molar-refractivity contribution < 1.29 is 13.2 Å². The first-order chi connectivity index (χ1) is 9.40. The standard InChI is InChI=1S/C11H13Cl2F3N4/c12-5-8-9(13)17-7-18-10(8)20-3-1-19(2-4-20)6-11(14,15)16/h7H,1-6H2. The van der Waals surface area contributed by atoms with E-state index in [1.54, 1.807) is 0 Å². The molecule has 1 aliphatic rings. The van der Waals surface area contributed by atoms with Crippen molar-refractivity contribution in [3.63, 3.8) is 0 Å². The number of halogens is 5. The number of nitrogens with zero attached hydrogens (tertiary/aromatic N) is 4. The molecule has 0 aliphatic carbocycles. The number of piperazine rings is 1. The third-order valence-corrected chi connectivity index (χ3v) is 3.67. The monoisotopic (exact) mass is 328 g/mol. The van der Waals surface area contributed by atoms with E-state index in [2.05, 4.69) is 9.97 Å². The quantitative estimate of drug-likeness (QED) is 0.630. The van der Waals surface area contributed by atoms with Crippen molar-refractivity contribution in [3.05, 3.63) is 17.0 Å². The molecule has 0 amide bonds. The molecule has 0 aromatic carbocycles. The molecule has 0 bridgehead atoms. The molecule has 0 atom stereocenters. The molecule has 1 aliphatic heterocycles. The molecular weight excluding hydrogens is 316 g/mol. The van der Waals surface area contributed by atoms with Gasteiger partial charge in [-0.15, -0.1) is 11.6 Å². The molecule has 20 heavy (non-hydrogen) atoms. The number of rotatable bonds is 3. The predicted octanol–water partition coefficient (Wildman–Crippen LogP) is 2.55. The molecule has 1 saturated heterocycles. The van der Waals surface area contributed by atoms with E-state index in [1.807, 2.05) is 4.90 Å². The summed E-state index contributed by atoms with van der Waals surface area (Å²) in [6, 6.07) is 0. The van der Waals surface area contributed by atoms with Crippen LogP contribution < -0.4 is 4.90 Å². The SMILES string of the molecule is FC(F)(F)CN1CCN(c2ncnc(Cl)c2CCl)CC1. The van der Waals surface area contributed by atoms with E-state index >= 15 is 0 Å². The van der Waals surface area contributed by atoms with E-state index in [-0.39, 0.29) is 11.0 Å². The summed E-state index contributed by atoms with van der Waals surface area (Å²) in [7, 11) is 0. The minimum Gasteiger partial charge on any atom is -0.354 e. The van der Waals surface area contributed by atoms with Gasteiger partial charge in [0, 0.05) is 31.7 Å². The van der Waals surface area contributed by atoms with E-state index in [1.165, 1.54) is 11.2 Å². The van der Waals surface area contributed by atoms with Crippen molar-refractivity contribution in [1.29, 1.82) is 0 Å². The number of anilines is 1. The fourth-order valence-electron chi connectivity index (χ4n) is 2.14. The van der Waals surface area contributed by atoms with Crippen LogP contribution in [0.15, 0.2) is 6.33 Å². The second-order valence-corrected chi connectivity index (χ2v) is 5.10. The number of aromatic nitrogens is 2. The zero-order chi connectivity index (χ0) is 14.8. The van der Waals surface area contributed by atoms with Gasteiger partial charge in [-0.25, -0.2) is 9.97 Å². The molecule has 0 unspecified atom stereocenters. The Morgan fingerprint density at radius 3 is 2.35 bits per heavy atom. The highest BCUT2D eigenvalue weighted by molar-refractivity contribution is 6.31. The second kappa shape index (κ2) is 6.32. The van der Waals surface area contributed by atoms with Gasteiger partial charge < -0.3 is 4.90 Å². The average Bonchev–Trinajstić information content (AvgIpc) is 2.37. The highest BCUT2D eigenvalue weighted by atomic mass is 35.5. The summed E-state index contributed by atoms with van der Waals surface area (Å²) in [5.41, 5.74) is 0.611. The van der Waals surface area contributed by atoms with Crippen LogP contribution in [0.3, 0.4) is 0 Å². The lowest BCUT2D eigenvalue weighted by Gasteiger charge is -2.36. The van der Waals surface area contributed by atoms with Crippen molar-refractivity contribution in [1.82, 2.24) is 14.9 Å². The van der Waals surface area contributed by atoms with Gasteiger partial charge in [0.25, 0.3) is 0 Å². The molecule has 1 aromatic rings. The summed E-state index contributed by atoms with van der Waals surface area (Å²) < 4.78 is 37.0. The van der Waals surface area contributed by atoms with Crippen molar-refractivity contribution >= 4 is 29.0 Å². The Balaban J connectivity index is 2.02. The molecule has 0 saturated carbocycles. The van der Waals surface area contributed by atoms with Crippen LogP contribution in [0, 0.1) is 0 Å². The van der Waals surface area contributed by atoms with Gasteiger partial charge in [-0.2, -0.15) is 13.2 Å². The van der Waals surface area contributed by atoms with Crippen LogP contribution in [0.4, 0.5) is 19.0 Å². The van der Waals surface area contributed by atoms with Gasteiger partial charge in [-0.3, -0.25) is 4.90 Å². The number of alkyl halides is 4. The predicted molar refractivity (Wildman–Crippen MR) is 71.3 cm³/mol. The summed E-state index contributed by atoms with van der Waals surface area (Å²) >= 11 is 11.8. The summed E-state index contributed by atoms with van der Waals surface area (Å²) in [5.74, 6) is 0.768. The Bertz CT molecular complexity index is 461. The lowest BCUT2D eigenvalue weighted by atomic mass is 10.2. The Hall–Kier alpha value is -0.790. The van der Waals surface area contributed by atoms with Crippen LogP contribution in [-0.4, -0.2) is 53.8 Å². The van der Waals surface area contributed by atoms with Gasteiger partial charge in [0.05, 0.1) is 12.4 Å². The van der Waals surface area contributed by atoms with E-state index in [0.29, 0.717) is 37.6 Å². The summed E-state index contributed by atoms with van der Waals surface area (Å²) in [5, 5.41) is 0.280. The summed E-state index contributed by atoms with van der Waals surface area (Å²) in [6.45, 7) is 0.667. The fourth-order valence-corrected chi connectivity index (χ4v) is 2.65. The van der Waals surface area contributed by atoms with Crippen LogP contribution in [-0.2, 0) is 5.88 Å². The maximum absolute atomic E-state index is 12.3. The molecular formula is C11H13Cl2F3N4. The largest absolute Gasteiger partial charge is 0.401 e.